The highest BCUT2D eigenvalue weighted by molar-refractivity contribution is 5.35. The molecule has 24 heavy (non-hydrogen) atoms. The standard InChI is InChI=1S/C19H23N3O2/c1-19(2,3)15-8-10-16(11-9-15)24-14-6-13-22-18(23)21-12-5-4-7-17(21)20-22/h4-5,7-12H,6,13-14H2,1-3H3. The van der Waals surface area contributed by atoms with Crippen molar-refractivity contribution in [2.45, 2.75) is 39.2 Å². The second-order valence-corrected chi connectivity index (χ2v) is 6.91. The maximum atomic E-state index is 12.1. The van der Waals surface area contributed by atoms with Gasteiger partial charge in [0.25, 0.3) is 0 Å². The molecule has 0 saturated carbocycles. The van der Waals surface area contributed by atoms with Gasteiger partial charge in [0.1, 0.15) is 5.75 Å². The normalized spacial score (nSPS) is 11.8. The van der Waals surface area contributed by atoms with Crippen molar-refractivity contribution in [1.29, 1.82) is 0 Å². The molecule has 0 fully saturated rings. The number of aryl methyl sites for hydroxylation is 1. The van der Waals surface area contributed by atoms with Crippen LogP contribution in [0.15, 0.2) is 53.5 Å². The van der Waals surface area contributed by atoms with Crippen LogP contribution in [0.2, 0.25) is 0 Å². The molecule has 0 aliphatic carbocycles. The van der Waals surface area contributed by atoms with Crippen LogP contribution in [0.4, 0.5) is 0 Å². The van der Waals surface area contributed by atoms with Gasteiger partial charge in [0.15, 0.2) is 5.65 Å². The van der Waals surface area contributed by atoms with E-state index in [-0.39, 0.29) is 11.1 Å². The van der Waals surface area contributed by atoms with E-state index in [4.69, 9.17) is 4.74 Å². The molecule has 3 aromatic rings. The van der Waals surface area contributed by atoms with Crippen molar-refractivity contribution in [3.8, 4) is 5.75 Å². The summed E-state index contributed by atoms with van der Waals surface area (Å²) in [6.07, 6.45) is 2.46. The topological polar surface area (TPSA) is 48.5 Å². The van der Waals surface area contributed by atoms with E-state index < -0.39 is 0 Å². The van der Waals surface area contributed by atoms with E-state index in [0.29, 0.717) is 18.8 Å². The molecule has 0 atom stereocenters. The van der Waals surface area contributed by atoms with Crippen LogP contribution in [0.3, 0.4) is 0 Å². The van der Waals surface area contributed by atoms with Crippen LogP contribution in [0.5, 0.6) is 5.75 Å². The van der Waals surface area contributed by atoms with Crippen LogP contribution in [0.25, 0.3) is 5.65 Å². The lowest BCUT2D eigenvalue weighted by Gasteiger charge is -2.19. The fourth-order valence-electron chi connectivity index (χ4n) is 2.57. The summed E-state index contributed by atoms with van der Waals surface area (Å²) in [6.45, 7) is 7.66. The molecule has 5 nitrogen and oxygen atoms in total. The predicted molar refractivity (Wildman–Crippen MR) is 94.7 cm³/mol. The molecule has 0 unspecified atom stereocenters. The Bertz CT molecular complexity index is 870. The fourth-order valence-corrected chi connectivity index (χ4v) is 2.57. The Labute approximate surface area is 141 Å². The second kappa shape index (κ2) is 6.51. The zero-order chi connectivity index (χ0) is 17.2. The Morgan fingerprint density at radius 2 is 1.83 bits per heavy atom. The lowest BCUT2D eigenvalue weighted by Crippen LogP contribution is -2.22. The average molecular weight is 325 g/mol. The molecule has 2 aromatic heterocycles. The minimum Gasteiger partial charge on any atom is -0.494 e. The maximum absolute atomic E-state index is 12.1. The van der Waals surface area contributed by atoms with E-state index in [9.17, 15) is 4.79 Å². The van der Waals surface area contributed by atoms with Crippen molar-refractivity contribution in [2.75, 3.05) is 6.61 Å². The van der Waals surface area contributed by atoms with E-state index in [0.717, 1.165) is 12.2 Å². The minimum absolute atomic E-state index is 0.111. The van der Waals surface area contributed by atoms with Crippen LogP contribution in [-0.2, 0) is 12.0 Å². The number of ether oxygens (including phenoxy) is 1. The monoisotopic (exact) mass is 325 g/mol. The van der Waals surface area contributed by atoms with E-state index in [1.165, 1.54) is 10.2 Å². The van der Waals surface area contributed by atoms with Crippen LogP contribution >= 0.6 is 0 Å². The molecule has 1 aromatic carbocycles. The molecular formula is C19H23N3O2. The van der Waals surface area contributed by atoms with E-state index in [1.807, 2.05) is 30.3 Å². The number of benzene rings is 1. The molecule has 0 N–H and O–H groups in total. The van der Waals surface area contributed by atoms with Crippen molar-refractivity contribution in [3.05, 3.63) is 64.7 Å². The number of pyridine rings is 1. The van der Waals surface area contributed by atoms with Gasteiger partial charge in [0.05, 0.1) is 6.61 Å². The van der Waals surface area contributed by atoms with Gasteiger partial charge >= 0.3 is 5.69 Å². The summed E-state index contributed by atoms with van der Waals surface area (Å²) in [7, 11) is 0. The molecule has 0 bridgehead atoms. The summed E-state index contributed by atoms with van der Waals surface area (Å²) in [5.41, 5.74) is 1.98. The first-order valence-electron chi connectivity index (χ1n) is 8.23. The van der Waals surface area contributed by atoms with Crippen LogP contribution < -0.4 is 10.4 Å². The number of hydrogen-bond acceptors (Lipinski definition) is 3. The van der Waals surface area contributed by atoms with Gasteiger partial charge in [-0.1, -0.05) is 39.0 Å². The zero-order valence-corrected chi connectivity index (χ0v) is 14.4. The van der Waals surface area contributed by atoms with E-state index >= 15 is 0 Å². The third-order valence-electron chi connectivity index (χ3n) is 3.99. The number of nitrogens with zero attached hydrogens (tertiary/aromatic N) is 3. The predicted octanol–water partition coefficient (Wildman–Crippen LogP) is 3.26. The number of fused-ring (bicyclic) bond motifs is 1. The van der Waals surface area contributed by atoms with E-state index in [2.05, 4.69) is 38.0 Å². The minimum atomic E-state index is -0.111. The molecule has 0 aliphatic rings. The number of rotatable bonds is 5. The Kier molecular flexibility index (Phi) is 4.42. The quantitative estimate of drug-likeness (QED) is 0.677. The van der Waals surface area contributed by atoms with Crippen molar-refractivity contribution in [3.63, 3.8) is 0 Å². The van der Waals surface area contributed by atoms with Crippen LogP contribution in [0.1, 0.15) is 32.8 Å². The molecule has 5 heteroatoms. The largest absolute Gasteiger partial charge is 0.494 e. The van der Waals surface area contributed by atoms with Crippen molar-refractivity contribution in [2.24, 2.45) is 0 Å². The smallest absolute Gasteiger partial charge is 0.350 e. The SMILES string of the molecule is CC(C)(C)c1ccc(OCCCn2nc3ccccn3c2=O)cc1. The summed E-state index contributed by atoms with van der Waals surface area (Å²) in [5, 5.41) is 4.31. The third kappa shape index (κ3) is 3.50. The third-order valence-corrected chi connectivity index (χ3v) is 3.99. The molecule has 0 saturated heterocycles. The van der Waals surface area contributed by atoms with Gasteiger partial charge in [-0.2, -0.15) is 0 Å². The Balaban J connectivity index is 1.55. The molecule has 0 amide bonds. The van der Waals surface area contributed by atoms with Gasteiger partial charge in [0, 0.05) is 19.2 Å². The molecule has 3 rings (SSSR count). The van der Waals surface area contributed by atoms with Gasteiger partial charge in [-0.05, 0) is 35.2 Å². The van der Waals surface area contributed by atoms with Crippen LogP contribution in [0, 0.1) is 0 Å². The lowest BCUT2D eigenvalue weighted by molar-refractivity contribution is 0.297. The van der Waals surface area contributed by atoms with Gasteiger partial charge in [-0.3, -0.25) is 4.40 Å². The first-order valence-corrected chi connectivity index (χ1v) is 8.23. The number of aromatic nitrogens is 3. The number of hydrogen-bond donors (Lipinski definition) is 0. The summed E-state index contributed by atoms with van der Waals surface area (Å²) in [5.74, 6) is 0.852. The second-order valence-electron chi connectivity index (χ2n) is 6.91. The lowest BCUT2D eigenvalue weighted by atomic mass is 9.87. The van der Waals surface area contributed by atoms with Crippen molar-refractivity contribution < 1.29 is 4.74 Å². The molecule has 0 spiro atoms. The van der Waals surface area contributed by atoms with Crippen molar-refractivity contribution in [1.82, 2.24) is 14.2 Å². The Hall–Kier alpha value is -2.56. The summed E-state index contributed by atoms with van der Waals surface area (Å²) in [4.78, 5) is 12.1. The first-order chi connectivity index (χ1) is 11.4. The summed E-state index contributed by atoms with van der Waals surface area (Å²) in [6, 6.07) is 13.7. The van der Waals surface area contributed by atoms with Crippen LogP contribution in [-0.4, -0.2) is 20.8 Å². The first kappa shape index (κ1) is 16.3. The highest BCUT2D eigenvalue weighted by Gasteiger charge is 2.13. The molecule has 0 aliphatic heterocycles. The summed E-state index contributed by atoms with van der Waals surface area (Å²) < 4.78 is 8.79. The Morgan fingerprint density at radius 3 is 2.50 bits per heavy atom. The summed E-state index contributed by atoms with van der Waals surface area (Å²) >= 11 is 0. The molecule has 126 valence electrons. The van der Waals surface area contributed by atoms with Gasteiger partial charge < -0.3 is 4.74 Å². The van der Waals surface area contributed by atoms with Crippen molar-refractivity contribution >= 4 is 5.65 Å². The van der Waals surface area contributed by atoms with Gasteiger partial charge in [-0.15, -0.1) is 5.10 Å². The Morgan fingerprint density at radius 1 is 1.08 bits per heavy atom. The van der Waals surface area contributed by atoms with E-state index in [1.54, 1.807) is 10.6 Å². The zero-order valence-electron chi connectivity index (χ0n) is 14.4. The fraction of sp³-hybridized carbons (Fsp3) is 0.368. The van der Waals surface area contributed by atoms with Gasteiger partial charge in [0.2, 0.25) is 0 Å². The molecule has 0 radical (unpaired) electrons. The van der Waals surface area contributed by atoms with Gasteiger partial charge in [-0.25, -0.2) is 9.48 Å². The molecular weight excluding hydrogens is 302 g/mol. The maximum Gasteiger partial charge on any atom is 0.350 e. The highest BCUT2D eigenvalue weighted by atomic mass is 16.5. The highest BCUT2D eigenvalue weighted by Crippen LogP contribution is 2.24. The average Bonchev–Trinajstić information content (AvgIpc) is 2.88. The molecule has 2 heterocycles.